The van der Waals surface area contributed by atoms with E-state index in [2.05, 4.69) is 47.2 Å². The van der Waals surface area contributed by atoms with E-state index in [9.17, 15) is 46.2 Å². The lowest BCUT2D eigenvalue weighted by Crippen LogP contribution is -2.36. The molecule has 0 unspecified atom stereocenters. The van der Waals surface area contributed by atoms with Crippen molar-refractivity contribution in [3.63, 3.8) is 0 Å². The van der Waals surface area contributed by atoms with Gasteiger partial charge in [0.05, 0.1) is 61.8 Å². The highest BCUT2D eigenvalue weighted by Gasteiger charge is 2.42. The third kappa shape index (κ3) is 18.9. The summed E-state index contributed by atoms with van der Waals surface area (Å²) in [5.41, 5.74) is 4.24. The number of sulfonamides is 1. The van der Waals surface area contributed by atoms with E-state index in [1.807, 2.05) is 36.0 Å². The molecule has 8 rings (SSSR count). The Hall–Kier alpha value is -7.60. The highest BCUT2D eigenvalue weighted by Crippen LogP contribution is 2.35. The summed E-state index contributed by atoms with van der Waals surface area (Å²) in [5, 5.41) is 45.7. The number of carbonyl (C=O) groups is 4. The van der Waals surface area contributed by atoms with Crippen LogP contribution in [0.5, 0.6) is 17.2 Å². The van der Waals surface area contributed by atoms with Gasteiger partial charge in [-0.3, -0.25) is 9.59 Å². The summed E-state index contributed by atoms with van der Waals surface area (Å²) in [5.74, 6) is 0.348. The van der Waals surface area contributed by atoms with E-state index >= 15 is 0 Å². The first-order chi connectivity index (χ1) is 41.8. The summed E-state index contributed by atoms with van der Waals surface area (Å²) < 4.78 is 74.6. The van der Waals surface area contributed by atoms with Crippen molar-refractivity contribution in [3.8, 4) is 22.9 Å². The molecule has 6 aromatic rings. The monoisotopic (exact) mass is 1260 g/mol. The van der Waals surface area contributed by atoms with Crippen LogP contribution in [0.3, 0.4) is 0 Å². The topological polar surface area (TPSA) is 327 Å². The smallest absolute Gasteiger partial charge is 0.339 e. The van der Waals surface area contributed by atoms with Gasteiger partial charge in [-0.2, -0.15) is 24.5 Å². The van der Waals surface area contributed by atoms with Gasteiger partial charge in [0.1, 0.15) is 16.1 Å². The molecule has 25 nitrogen and oxygen atoms in total. The minimum Gasteiger partial charge on any atom is -0.504 e. The van der Waals surface area contributed by atoms with Crippen LogP contribution in [0, 0.1) is 6.92 Å². The Morgan fingerprint density at radius 3 is 2.30 bits per heavy atom. The average Bonchev–Trinajstić information content (AvgIpc) is 1.77. The van der Waals surface area contributed by atoms with E-state index in [1.54, 1.807) is 54.0 Å². The zero-order chi connectivity index (χ0) is 61.9. The second-order valence-corrected chi connectivity index (χ2v) is 26.1. The molecule has 2 aliphatic rings. The molecule has 2 saturated heterocycles. The summed E-state index contributed by atoms with van der Waals surface area (Å²) in [4.78, 5) is 55.3. The summed E-state index contributed by atoms with van der Waals surface area (Å²) in [7, 11) is -5.44. The molecule has 2 fully saturated rings. The van der Waals surface area contributed by atoms with E-state index in [-0.39, 0.29) is 101 Å². The first kappa shape index (κ1) is 65.4. The number of benzene rings is 4. The van der Waals surface area contributed by atoms with E-state index in [1.165, 1.54) is 49.5 Å². The molecule has 0 aliphatic carbocycles. The number of hydrogen-bond acceptors (Lipinski definition) is 18. The van der Waals surface area contributed by atoms with Crippen molar-refractivity contribution in [2.45, 2.75) is 105 Å². The number of amides is 6. The Morgan fingerprint density at radius 1 is 0.782 bits per heavy atom. The number of ether oxygens (including phenoxy) is 2. The molecule has 4 heterocycles. The molecule has 3 atom stereocenters. The van der Waals surface area contributed by atoms with Crippen molar-refractivity contribution in [2.75, 3.05) is 77.8 Å². The number of aromatic hydroxyl groups is 2. The normalized spacial score (nSPS) is 15.7. The number of rotatable bonds is 34. The quantitative estimate of drug-likeness (QED) is 0.0107. The minimum atomic E-state index is -4.47. The molecule has 6 amide bonds. The Balaban J connectivity index is 0.680. The van der Waals surface area contributed by atoms with Crippen LogP contribution in [0.1, 0.15) is 73.9 Å². The molecule has 87 heavy (non-hydrogen) atoms. The van der Waals surface area contributed by atoms with Crippen LogP contribution >= 0.6 is 11.8 Å². The number of thioether (sulfide) groups is 1. The number of aromatic nitrogens is 4. The number of unbranched alkanes of at least 4 members (excludes halogenated alkanes) is 3. The molecule has 0 radical (unpaired) electrons. The molecule has 0 saturated carbocycles. The summed E-state index contributed by atoms with van der Waals surface area (Å²) in [6, 6.07) is 23.4. The zero-order valence-corrected chi connectivity index (χ0v) is 51.4. The lowest BCUT2D eigenvalue weighted by Gasteiger charge is -2.19. The molecule has 2 aromatic heterocycles. The Morgan fingerprint density at radius 2 is 1.53 bits per heavy atom. The van der Waals surface area contributed by atoms with Crippen LogP contribution in [-0.4, -0.2) is 170 Å². The third-order valence-corrected chi connectivity index (χ3v) is 19.4. The van der Waals surface area contributed by atoms with Gasteiger partial charge in [-0.25, -0.2) is 27.7 Å². The van der Waals surface area contributed by atoms with Crippen molar-refractivity contribution in [3.05, 3.63) is 120 Å². The molecular weight excluding hydrogens is 1180 g/mol. The van der Waals surface area contributed by atoms with Gasteiger partial charge < -0.3 is 60.7 Å². The third-order valence-electron chi connectivity index (χ3n) is 14.7. The second-order valence-electron chi connectivity index (χ2n) is 21.2. The molecule has 0 spiro atoms. The Bertz CT molecular complexity index is 3540. The number of nitrogens with zero attached hydrogens (tertiary/aromatic N) is 6. The molecule has 4 aromatic carbocycles. The minimum absolute atomic E-state index is 0.00402. The second kappa shape index (κ2) is 31.3. The highest BCUT2D eigenvalue weighted by atomic mass is 32.2. The fraction of sp³-hybridized carbons (Fsp3) is 0.441. The average molecular weight is 1260 g/mol. The molecule has 8 N–H and O–H groups in total. The highest BCUT2D eigenvalue weighted by molar-refractivity contribution is 8.00. The number of hydrogen-bond donors (Lipinski definition) is 8. The summed E-state index contributed by atoms with van der Waals surface area (Å²) in [6.07, 6.45) is 7.68. The van der Waals surface area contributed by atoms with E-state index in [0.717, 1.165) is 46.1 Å². The largest absolute Gasteiger partial charge is 0.504 e. The summed E-state index contributed by atoms with van der Waals surface area (Å²) >= 11 is 1.86. The number of phenolic OH excluding ortho intramolecular Hbond substituents is 2. The number of pyridine rings is 1. The van der Waals surface area contributed by atoms with Crippen LogP contribution in [0.2, 0.25) is 0 Å². The lowest BCUT2D eigenvalue weighted by atomic mass is 10.0. The number of carbonyl (C=O) groups excluding carboxylic acids is 4. The first-order valence-corrected chi connectivity index (χ1v) is 32.8. The van der Waals surface area contributed by atoms with Crippen molar-refractivity contribution in [1.29, 1.82) is 0 Å². The van der Waals surface area contributed by atoms with E-state index in [4.69, 9.17) is 13.7 Å². The summed E-state index contributed by atoms with van der Waals surface area (Å²) in [6.45, 7) is 4.81. The fourth-order valence-electron chi connectivity index (χ4n) is 9.72. The van der Waals surface area contributed by atoms with Gasteiger partial charge in [-0.05, 0) is 129 Å². The number of urea groups is 2. The zero-order valence-electron chi connectivity index (χ0n) is 48.9. The van der Waals surface area contributed by atoms with E-state index in [0.29, 0.717) is 93.6 Å². The molecule has 2 aliphatic heterocycles. The fourth-order valence-corrected chi connectivity index (χ4v) is 13.5. The van der Waals surface area contributed by atoms with Crippen LogP contribution in [0.25, 0.3) is 16.6 Å². The molecule has 468 valence electrons. The van der Waals surface area contributed by atoms with Crippen LogP contribution < -0.4 is 36.1 Å². The number of anilines is 1. The number of likely N-dealkylation sites (N-methyl/N-ethyl adjacent to an activating group) is 2. The first-order valence-electron chi connectivity index (χ1n) is 28.9. The maximum atomic E-state index is 13.9. The maximum Gasteiger partial charge on any atom is 0.339 e. The lowest BCUT2D eigenvalue weighted by molar-refractivity contribution is -0.130. The van der Waals surface area contributed by atoms with Crippen molar-refractivity contribution >= 4 is 72.4 Å². The van der Waals surface area contributed by atoms with Gasteiger partial charge in [-0.1, -0.05) is 36.3 Å². The van der Waals surface area contributed by atoms with Crippen LogP contribution in [0.4, 0.5) is 15.3 Å². The Kier molecular flexibility index (Phi) is 23.6. The number of fused-ring (bicyclic) bond motifs is 2. The van der Waals surface area contributed by atoms with Gasteiger partial charge in [0, 0.05) is 80.9 Å². The maximum absolute atomic E-state index is 13.9. The van der Waals surface area contributed by atoms with Crippen molar-refractivity contribution in [1.82, 2.24) is 55.8 Å². The van der Waals surface area contributed by atoms with Gasteiger partial charge in [0.25, 0.3) is 0 Å². The molecule has 0 bridgehead atoms. The number of phenols is 2. The van der Waals surface area contributed by atoms with Crippen molar-refractivity contribution < 1.29 is 59.9 Å². The number of nitrogens with one attached hydrogen (secondary N) is 6. The molecule has 28 heteroatoms. The van der Waals surface area contributed by atoms with Gasteiger partial charge in [0.2, 0.25) is 21.8 Å². The van der Waals surface area contributed by atoms with Crippen molar-refractivity contribution in [2.24, 2.45) is 0 Å². The Labute approximate surface area is 510 Å². The molecular formula is C59H76N12O13S3. The van der Waals surface area contributed by atoms with Crippen LogP contribution in [0.15, 0.2) is 107 Å². The number of aryl methyl sites for hydroxylation is 1. The van der Waals surface area contributed by atoms with Gasteiger partial charge >= 0.3 is 22.2 Å². The predicted octanol–water partition coefficient (Wildman–Crippen LogP) is 5.47. The van der Waals surface area contributed by atoms with Gasteiger partial charge in [-0.15, -0.1) is 5.10 Å². The standard InChI is InChI=1S/C59H76N12O13S3/c1-40-12-22-47-53(86(78,79)70(3)30-32-83-34-33-82-31-29-69(2)55(75)11-7-6-9-52-57-48(39-85-52)65-59(77)66-57)25-24-51(56(47)63-40)84-87(80,81)46-20-16-43(17-21-46)64-58(76)61-27-8-4-5-10-54(74)62-37-44-38-71(68-67-44)45-18-13-42(14-19-45)36-60-28-26-41-15-23-49(72)50(73)35-41/h12-25,35,38,48,52,57,60,72-73H,4-11,26-34,36-37,39H2,1-3H3,(H,62,74)(H2,61,64,76)(H2,65,66,77)/t48-,52-,57-/m0/s1. The van der Waals surface area contributed by atoms with E-state index < -0.39 is 26.2 Å². The van der Waals surface area contributed by atoms with Gasteiger partial charge in [0.15, 0.2) is 17.2 Å². The van der Waals surface area contributed by atoms with Crippen LogP contribution in [-0.2, 0) is 58.7 Å². The predicted molar refractivity (Wildman–Crippen MR) is 328 cm³/mol. The SMILES string of the molecule is Cc1ccc2c(S(=O)(=O)N(C)CCOCCOCCN(C)C(=O)CCCC[C@@H]3SC[C@@H]4NC(=O)N[C@@H]43)ccc(OS(=O)(=O)c3ccc(NC(=O)NCCCCCC(=O)NCc4cn(-c5ccc(CNCCc6ccc(O)c(O)c6)cc5)nn4)cc3)c2n1.